The van der Waals surface area contributed by atoms with E-state index in [1.807, 2.05) is 24.3 Å². The van der Waals surface area contributed by atoms with E-state index >= 15 is 0 Å². The van der Waals surface area contributed by atoms with Crippen LogP contribution in [-0.2, 0) is 6.42 Å². The highest BCUT2D eigenvalue weighted by molar-refractivity contribution is 5.80. The molecule has 0 aliphatic carbocycles. The molecule has 1 unspecified atom stereocenters. The van der Waals surface area contributed by atoms with E-state index in [0.717, 1.165) is 12.0 Å². The van der Waals surface area contributed by atoms with Gasteiger partial charge in [-0.25, -0.2) is 0 Å². The molecular weight excluding hydrogens is 172 g/mol. The fraction of sp³-hybridized carbons (Fsp3) is 0.231. The first-order chi connectivity index (χ1) is 6.81. The highest BCUT2D eigenvalue weighted by Crippen LogP contribution is 2.22. The van der Waals surface area contributed by atoms with Crippen molar-refractivity contribution >= 4 is 11.0 Å². The predicted octanol–water partition coefficient (Wildman–Crippen LogP) is 3.80. The van der Waals surface area contributed by atoms with Gasteiger partial charge >= 0.3 is 0 Å². The van der Waals surface area contributed by atoms with Crippen LogP contribution in [0.15, 0.2) is 47.6 Å². The molecule has 0 saturated heterocycles. The number of hydrogen-bond acceptors (Lipinski definition) is 1. The molecule has 0 bridgehead atoms. The van der Waals surface area contributed by atoms with E-state index in [4.69, 9.17) is 4.42 Å². The van der Waals surface area contributed by atoms with E-state index in [1.165, 1.54) is 10.9 Å². The molecule has 0 aliphatic rings. The number of benzene rings is 1. The number of allylic oxidation sites excluding steroid dienone is 1. The van der Waals surface area contributed by atoms with Crippen LogP contribution in [0.2, 0.25) is 0 Å². The van der Waals surface area contributed by atoms with Crippen LogP contribution in [0.4, 0.5) is 0 Å². The maximum atomic E-state index is 5.35. The van der Waals surface area contributed by atoms with E-state index < -0.39 is 0 Å². The van der Waals surface area contributed by atoms with Gasteiger partial charge in [-0.05, 0) is 30.0 Å². The van der Waals surface area contributed by atoms with E-state index in [2.05, 4.69) is 19.6 Å². The lowest BCUT2D eigenvalue weighted by Gasteiger charge is -2.06. The summed E-state index contributed by atoms with van der Waals surface area (Å²) in [6.45, 7) is 5.97. The fourth-order valence-electron chi connectivity index (χ4n) is 1.66. The summed E-state index contributed by atoms with van der Waals surface area (Å²) in [5.74, 6) is 0.510. The molecule has 72 valence electrons. The van der Waals surface area contributed by atoms with Gasteiger partial charge in [0.1, 0.15) is 5.58 Å². The lowest BCUT2D eigenvalue weighted by atomic mass is 9.99. The molecule has 0 spiro atoms. The third-order valence-corrected chi connectivity index (χ3v) is 2.53. The lowest BCUT2D eigenvalue weighted by molar-refractivity contribution is 0.615. The fourth-order valence-corrected chi connectivity index (χ4v) is 1.66. The van der Waals surface area contributed by atoms with E-state index in [9.17, 15) is 0 Å². The third-order valence-electron chi connectivity index (χ3n) is 2.53. The van der Waals surface area contributed by atoms with Gasteiger partial charge in [0.25, 0.3) is 0 Å². The van der Waals surface area contributed by atoms with Crippen LogP contribution >= 0.6 is 0 Å². The van der Waals surface area contributed by atoms with Crippen molar-refractivity contribution in [3.05, 3.63) is 48.7 Å². The van der Waals surface area contributed by atoms with Gasteiger partial charge in [0.2, 0.25) is 0 Å². The quantitative estimate of drug-likeness (QED) is 0.664. The van der Waals surface area contributed by atoms with Crippen molar-refractivity contribution in [1.82, 2.24) is 0 Å². The van der Waals surface area contributed by atoms with Crippen molar-refractivity contribution in [2.24, 2.45) is 5.92 Å². The van der Waals surface area contributed by atoms with Crippen molar-refractivity contribution < 1.29 is 4.42 Å². The maximum absolute atomic E-state index is 5.35. The van der Waals surface area contributed by atoms with E-state index in [1.54, 1.807) is 6.26 Å². The molecule has 0 fully saturated rings. The molecule has 2 rings (SSSR count). The molecule has 1 aromatic heterocycles. The summed E-state index contributed by atoms with van der Waals surface area (Å²) >= 11 is 0. The molecule has 1 atom stereocenters. The molecule has 0 radical (unpaired) electrons. The van der Waals surface area contributed by atoms with Crippen molar-refractivity contribution in [3.8, 4) is 0 Å². The minimum absolute atomic E-state index is 0.510. The van der Waals surface area contributed by atoms with Gasteiger partial charge < -0.3 is 4.42 Å². The van der Waals surface area contributed by atoms with Gasteiger partial charge in [-0.15, -0.1) is 6.58 Å². The standard InChI is InChI=1S/C13H14O/c1-3-10(2)9-11-5-4-6-13-12(11)7-8-14-13/h3-8,10H,1,9H2,2H3. The smallest absolute Gasteiger partial charge is 0.134 e. The average molecular weight is 186 g/mol. The zero-order valence-electron chi connectivity index (χ0n) is 8.36. The second kappa shape index (κ2) is 3.70. The molecule has 1 aromatic carbocycles. The summed E-state index contributed by atoms with van der Waals surface area (Å²) < 4.78 is 5.35. The Hall–Kier alpha value is -1.50. The number of furan rings is 1. The average Bonchev–Trinajstić information content (AvgIpc) is 2.66. The Balaban J connectivity index is 2.41. The second-order valence-electron chi connectivity index (χ2n) is 3.67. The van der Waals surface area contributed by atoms with Crippen LogP contribution in [0.25, 0.3) is 11.0 Å². The predicted molar refractivity (Wildman–Crippen MR) is 59.3 cm³/mol. The minimum Gasteiger partial charge on any atom is -0.464 e. The molecular formula is C13H14O. The van der Waals surface area contributed by atoms with Gasteiger partial charge in [-0.2, -0.15) is 0 Å². The van der Waals surface area contributed by atoms with Gasteiger partial charge in [-0.3, -0.25) is 0 Å². The molecule has 14 heavy (non-hydrogen) atoms. The Morgan fingerprint density at radius 2 is 2.29 bits per heavy atom. The number of hydrogen-bond donors (Lipinski definition) is 0. The van der Waals surface area contributed by atoms with Gasteiger partial charge in [-0.1, -0.05) is 25.1 Å². The molecule has 1 heterocycles. The molecule has 0 N–H and O–H groups in total. The highest BCUT2D eigenvalue weighted by atomic mass is 16.3. The van der Waals surface area contributed by atoms with Gasteiger partial charge in [0.05, 0.1) is 6.26 Å². The first kappa shape index (κ1) is 9.07. The summed E-state index contributed by atoms with van der Waals surface area (Å²) in [6.07, 6.45) is 4.76. The molecule has 0 aliphatic heterocycles. The zero-order chi connectivity index (χ0) is 9.97. The normalized spacial score (nSPS) is 12.9. The largest absolute Gasteiger partial charge is 0.464 e. The molecule has 2 aromatic rings. The number of rotatable bonds is 3. The monoisotopic (exact) mass is 186 g/mol. The first-order valence-electron chi connectivity index (χ1n) is 4.89. The molecule has 0 saturated carbocycles. The first-order valence-corrected chi connectivity index (χ1v) is 4.89. The minimum atomic E-state index is 0.510. The summed E-state index contributed by atoms with van der Waals surface area (Å²) in [4.78, 5) is 0. The van der Waals surface area contributed by atoms with Crippen LogP contribution in [0.3, 0.4) is 0 Å². The Morgan fingerprint density at radius 1 is 1.43 bits per heavy atom. The van der Waals surface area contributed by atoms with E-state index in [-0.39, 0.29) is 0 Å². The van der Waals surface area contributed by atoms with Crippen LogP contribution < -0.4 is 0 Å². The maximum Gasteiger partial charge on any atom is 0.134 e. The molecule has 1 heteroatoms. The van der Waals surface area contributed by atoms with Crippen molar-refractivity contribution in [2.45, 2.75) is 13.3 Å². The second-order valence-corrected chi connectivity index (χ2v) is 3.67. The van der Waals surface area contributed by atoms with Gasteiger partial charge in [0, 0.05) is 5.39 Å². The summed E-state index contributed by atoms with van der Waals surface area (Å²) in [7, 11) is 0. The zero-order valence-corrected chi connectivity index (χ0v) is 8.36. The highest BCUT2D eigenvalue weighted by Gasteiger charge is 2.05. The SMILES string of the molecule is C=CC(C)Cc1cccc2occc12. The van der Waals surface area contributed by atoms with E-state index in [0.29, 0.717) is 5.92 Å². The van der Waals surface area contributed by atoms with Crippen molar-refractivity contribution in [3.63, 3.8) is 0 Å². The Labute approximate surface area is 84.0 Å². The Kier molecular flexibility index (Phi) is 2.40. The van der Waals surface area contributed by atoms with Gasteiger partial charge in [0.15, 0.2) is 0 Å². The summed E-state index contributed by atoms with van der Waals surface area (Å²) in [5, 5.41) is 1.22. The molecule has 0 amide bonds. The summed E-state index contributed by atoms with van der Waals surface area (Å²) in [5.41, 5.74) is 2.31. The Morgan fingerprint density at radius 3 is 3.07 bits per heavy atom. The van der Waals surface area contributed by atoms with Crippen molar-refractivity contribution in [1.29, 1.82) is 0 Å². The summed E-state index contributed by atoms with van der Waals surface area (Å²) in [6, 6.07) is 8.21. The Bertz CT molecular complexity index is 439. The van der Waals surface area contributed by atoms with Crippen LogP contribution in [0.1, 0.15) is 12.5 Å². The van der Waals surface area contributed by atoms with Crippen LogP contribution in [-0.4, -0.2) is 0 Å². The lowest BCUT2D eigenvalue weighted by Crippen LogP contribution is -1.95. The topological polar surface area (TPSA) is 13.1 Å². The molecule has 1 nitrogen and oxygen atoms in total. The number of fused-ring (bicyclic) bond motifs is 1. The van der Waals surface area contributed by atoms with Crippen LogP contribution in [0.5, 0.6) is 0 Å². The van der Waals surface area contributed by atoms with Crippen LogP contribution in [0, 0.1) is 5.92 Å². The third kappa shape index (κ3) is 1.58. The van der Waals surface area contributed by atoms with Crippen molar-refractivity contribution in [2.75, 3.05) is 0 Å².